The van der Waals surface area contributed by atoms with Gasteiger partial charge in [-0.1, -0.05) is 87.3 Å². The van der Waals surface area contributed by atoms with E-state index < -0.39 is 0 Å². The van der Waals surface area contributed by atoms with Gasteiger partial charge in [-0.3, -0.25) is 9.78 Å². The summed E-state index contributed by atoms with van der Waals surface area (Å²) >= 11 is 1.78. The number of hydrogen-bond donors (Lipinski definition) is 1. The first-order valence-corrected chi connectivity index (χ1v) is 19.5. The number of aryl methyl sites for hydroxylation is 1. The maximum absolute atomic E-state index is 12.2. The Labute approximate surface area is 327 Å². The summed E-state index contributed by atoms with van der Waals surface area (Å²) in [6, 6.07) is 14.2. The summed E-state index contributed by atoms with van der Waals surface area (Å²) < 4.78 is 14.0. The van der Waals surface area contributed by atoms with Gasteiger partial charge in [-0.05, 0) is 72.2 Å². The van der Waals surface area contributed by atoms with Crippen molar-refractivity contribution in [3.63, 3.8) is 0 Å². The topological polar surface area (TPSA) is 76.5 Å². The third-order valence-corrected chi connectivity index (χ3v) is 12.2. The van der Waals surface area contributed by atoms with E-state index >= 15 is 0 Å². The number of ketones is 1. The fraction of sp³-hybridized carbons (Fsp3) is 0.467. The Morgan fingerprint density at radius 1 is 0.923 bits per heavy atom. The van der Waals surface area contributed by atoms with Gasteiger partial charge in [0.2, 0.25) is 0 Å². The van der Waals surface area contributed by atoms with E-state index in [-0.39, 0.29) is 47.9 Å². The second-order valence-corrected chi connectivity index (χ2v) is 17.1. The van der Waals surface area contributed by atoms with Crippen LogP contribution in [0.5, 0.6) is 0 Å². The van der Waals surface area contributed by atoms with Gasteiger partial charge >= 0.3 is 0 Å². The standard InChI is InChI=1S/C30H28NO2S.C15H28O2.Ir/c1-16(2)13-24-17(3)25-22(32-24)8-7-20-26-23(33-28(20)25)9-11-31-27(26)19-14-18-10-12-34-29(18)21(15-19)30(4,5)6;1-7-14(5,8-2)12(16)11-13(17)15(6,9-3)10-4;/h7-12,15-16H,13H2,1-6H3;11,16H,7-10H2,1-6H3;/q-1;;/b;12-11-;. The fourth-order valence-electron chi connectivity index (χ4n) is 6.70. The molecule has 1 N–H and O–H groups in total. The van der Waals surface area contributed by atoms with E-state index in [1.807, 2.05) is 53.8 Å². The second kappa shape index (κ2) is 16.0. The number of carbonyl (C=O) groups excluding carboxylic acids is 1. The van der Waals surface area contributed by atoms with Crippen LogP contribution >= 0.6 is 11.3 Å². The van der Waals surface area contributed by atoms with Gasteiger partial charge in [0.05, 0.1) is 5.39 Å². The maximum atomic E-state index is 12.2. The monoisotopic (exact) mass is 899 g/mol. The molecular weight excluding hydrogens is 843 g/mol. The van der Waals surface area contributed by atoms with Crippen molar-refractivity contribution in [3.05, 3.63) is 76.7 Å². The van der Waals surface area contributed by atoms with E-state index in [1.54, 1.807) is 11.3 Å². The molecule has 0 amide bonds. The molecule has 2 aromatic carbocycles. The average Bonchev–Trinajstić information content (AvgIpc) is 3.81. The first-order valence-electron chi connectivity index (χ1n) is 18.6. The summed E-state index contributed by atoms with van der Waals surface area (Å²) in [6.07, 6.45) is 7.51. The van der Waals surface area contributed by atoms with E-state index in [0.29, 0.717) is 5.92 Å². The molecule has 0 atom stereocenters. The quantitative estimate of drug-likeness (QED) is 0.0842. The molecule has 0 unspecified atom stereocenters. The number of hydrogen-bond acceptors (Lipinski definition) is 6. The normalized spacial score (nSPS) is 12.9. The van der Waals surface area contributed by atoms with Gasteiger partial charge in [0, 0.05) is 71.7 Å². The molecule has 1 radical (unpaired) electrons. The van der Waals surface area contributed by atoms with E-state index in [2.05, 4.69) is 77.3 Å². The Bertz CT molecular complexity index is 2220. The number of allylic oxidation sites excluding steroid dienone is 2. The molecule has 0 bridgehead atoms. The van der Waals surface area contributed by atoms with Gasteiger partial charge in [0.1, 0.15) is 28.3 Å². The maximum Gasteiger partial charge on any atom is 0.164 e. The van der Waals surface area contributed by atoms with Crippen molar-refractivity contribution in [1.29, 1.82) is 0 Å². The Morgan fingerprint density at radius 2 is 1.56 bits per heavy atom. The summed E-state index contributed by atoms with van der Waals surface area (Å²) in [4.78, 5) is 17.0. The largest absolute Gasteiger partial charge is 0.512 e. The predicted molar refractivity (Wildman–Crippen MR) is 216 cm³/mol. The number of nitrogens with zero attached hydrogens (tertiary/aromatic N) is 1. The van der Waals surface area contributed by atoms with Crippen molar-refractivity contribution in [2.24, 2.45) is 16.7 Å². The first-order chi connectivity index (χ1) is 24.0. The van der Waals surface area contributed by atoms with Gasteiger partial charge in [-0.25, -0.2) is 0 Å². The minimum absolute atomic E-state index is 0. The van der Waals surface area contributed by atoms with Crippen LogP contribution in [-0.4, -0.2) is 15.9 Å². The molecule has 0 saturated heterocycles. The molecule has 281 valence electrons. The van der Waals surface area contributed by atoms with Crippen LogP contribution in [0.2, 0.25) is 0 Å². The molecule has 0 saturated carbocycles. The van der Waals surface area contributed by atoms with Crippen LogP contribution in [0.4, 0.5) is 0 Å². The molecule has 0 aliphatic heterocycles. The zero-order chi connectivity index (χ0) is 37.5. The van der Waals surface area contributed by atoms with Crippen LogP contribution in [0.25, 0.3) is 54.3 Å². The summed E-state index contributed by atoms with van der Waals surface area (Å²) in [7, 11) is 0. The third-order valence-electron chi connectivity index (χ3n) is 11.3. The number of aliphatic hydroxyl groups excluding tert-OH is 1. The Balaban J connectivity index is 0.000000289. The first kappa shape index (κ1) is 41.5. The molecule has 0 fully saturated rings. The third kappa shape index (κ3) is 7.84. The zero-order valence-electron chi connectivity index (χ0n) is 33.1. The Morgan fingerprint density at radius 3 is 2.15 bits per heavy atom. The number of aromatic nitrogens is 1. The van der Waals surface area contributed by atoms with Gasteiger partial charge in [0.15, 0.2) is 5.78 Å². The van der Waals surface area contributed by atoms with Gasteiger partial charge in [-0.15, -0.1) is 23.6 Å². The van der Waals surface area contributed by atoms with Crippen LogP contribution < -0.4 is 0 Å². The summed E-state index contributed by atoms with van der Waals surface area (Å²) in [5.41, 5.74) is 6.44. The number of aliphatic hydroxyl groups is 1. The molecule has 4 heterocycles. The molecule has 0 aliphatic carbocycles. The van der Waals surface area contributed by atoms with E-state index in [4.69, 9.17) is 13.8 Å². The van der Waals surface area contributed by atoms with Gasteiger partial charge in [-0.2, -0.15) is 11.3 Å². The van der Waals surface area contributed by atoms with Crippen molar-refractivity contribution in [2.75, 3.05) is 0 Å². The molecule has 0 aliphatic rings. The van der Waals surface area contributed by atoms with Crippen molar-refractivity contribution < 1.29 is 38.8 Å². The van der Waals surface area contributed by atoms with Crippen LogP contribution in [0.3, 0.4) is 0 Å². The number of fused-ring (bicyclic) bond motifs is 6. The number of benzene rings is 2. The van der Waals surface area contributed by atoms with Gasteiger partial charge < -0.3 is 13.9 Å². The molecule has 4 aromatic heterocycles. The molecule has 5 nitrogen and oxygen atoms in total. The summed E-state index contributed by atoms with van der Waals surface area (Å²) in [5.74, 6) is 1.86. The van der Waals surface area contributed by atoms with Crippen molar-refractivity contribution >= 4 is 60.1 Å². The average molecular weight is 899 g/mol. The Hall–Kier alpha value is -3.25. The van der Waals surface area contributed by atoms with Crippen molar-refractivity contribution in [1.82, 2.24) is 4.98 Å². The summed E-state index contributed by atoms with van der Waals surface area (Å²) in [6.45, 7) is 25.4. The molecule has 6 aromatic rings. The number of furan rings is 2. The molecular formula is C45H56IrNO4S-. The zero-order valence-corrected chi connectivity index (χ0v) is 36.3. The molecule has 0 spiro atoms. The summed E-state index contributed by atoms with van der Waals surface area (Å²) in [5, 5.41) is 16.6. The minimum Gasteiger partial charge on any atom is -0.512 e. The second-order valence-electron chi connectivity index (χ2n) is 16.1. The molecule has 7 heteroatoms. The van der Waals surface area contributed by atoms with Crippen LogP contribution in [0, 0.1) is 29.7 Å². The SMILES string of the molecule is CCC(C)(CC)C(=O)/C=C(\O)C(C)(CC)CC.Cc1c(CC(C)C)oc2ccc3c(oc4ccnc(-c5[c-]c6ccsc6c(C(C)(C)C)c5)c43)c12.[Ir]. The molecule has 52 heavy (non-hydrogen) atoms. The van der Waals surface area contributed by atoms with Crippen LogP contribution in [-0.2, 0) is 36.7 Å². The number of rotatable bonds is 10. The predicted octanol–water partition coefficient (Wildman–Crippen LogP) is 13.9. The number of pyridine rings is 1. The van der Waals surface area contributed by atoms with Crippen molar-refractivity contribution in [2.45, 2.75) is 121 Å². The van der Waals surface area contributed by atoms with E-state index in [1.165, 1.54) is 21.9 Å². The Kier molecular flexibility index (Phi) is 12.8. The smallest absolute Gasteiger partial charge is 0.164 e. The minimum atomic E-state index is -0.337. The number of thiophene rings is 1. The van der Waals surface area contributed by atoms with Gasteiger partial charge in [0.25, 0.3) is 0 Å². The van der Waals surface area contributed by atoms with Crippen LogP contribution in [0.1, 0.15) is 119 Å². The van der Waals surface area contributed by atoms with E-state index in [0.717, 1.165) is 87.4 Å². The van der Waals surface area contributed by atoms with Crippen LogP contribution in [0.15, 0.2) is 62.6 Å². The number of carbonyl (C=O) groups is 1. The van der Waals surface area contributed by atoms with E-state index in [9.17, 15) is 9.90 Å². The van der Waals surface area contributed by atoms with Crippen molar-refractivity contribution in [3.8, 4) is 11.3 Å². The molecule has 6 rings (SSSR count). The fourth-order valence-corrected chi connectivity index (χ4v) is 7.78.